The highest BCUT2D eigenvalue weighted by molar-refractivity contribution is 6.26. The first kappa shape index (κ1) is 24.0. The molecule has 0 amide bonds. The highest BCUT2D eigenvalue weighted by atomic mass is 16.5. The van der Waals surface area contributed by atoms with Crippen LogP contribution < -0.4 is 4.74 Å². The van der Waals surface area contributed by atoms with E-state index in [2.05, 4.69) is 11.2 Å². The van der Waals surface area contributed by atoms with Crippen LogP contribution in [0.4, 0.5) is 0 Å². The van der Waals surface area contributed by atoms with Crippen molar-refractivity contribution in [3.8, 4) is 17.7 Å². The molecule has 0 saturated heterocycles. The molecule has 0 radical (unpaired) electrons. The van der Waals surface area contributed by atoms with Crippen LogP contribution in [0.25, 0.3) is 5.76 Å². The Labute approximate surface area is 207 Å². The lowest BCUT2D eigenvalue weighted by Gasteiger charge is -2.49. The second-order valence-corrected chi connectivity index (χ2v) is 9.87. The molecule has 1 fully saturated rings. The summed E-state index contributed by atoms with van der Waals surface area (Å²) in [7, 11) is 3.50. The number of ether oxygens (including phenoxy) is 1. The van der Waals surface area contributed by atoms with Gasteiger partial charge in [0.15, 0.2) is 11.4 Å². The van der Waals surface area contributed by atoms with Crippen LogP contribution in [0.2, 0.25) is 0 Å². The molecule has 0 unspecified atom stereocenters. The summed E-state index contributed by atoms with van der Waals surface area (Å²) in [5, 5.41) is 47.0. The lowest BCUT2D eigenvalue weighted by molar-refractivity contribution is -0.142. The minimum Gasteiger partial charge on any atom is -0.507 e. The number of phenolic OH excluding ortho intramolecular Hbond substituents is 1. The van der Waals surface area contributed by atoms with Crippen molar-refractivity contribution in [1.82, 2.24) is 10.1 Å². The molecule has 1 aromatic carbocycles. The molecule has 36 heavy (non-hydrogen) atoms. The van der Waals surface area contributed by atoms with E-state index in [1.165, 1.54) is 12.1 Å². The zero-order valence-electron chi connectivity index (χ0n) is 20.2. The number of nitrogens with zero attached hydrogens (tertiary/aromatic N) is 3. The monoisotopic (exact) mass is 493 g/mol. The van der Waals surface area contributed by atoms with Gasteiger partial charge in [-0.2, -0.15) is 5.26 Å². The first-order chi connectivity index (χ1) is 17.2. The van der Waals surface area contributed by atoms with E-state index in [1.807, 2.05) is 6.92 Å². The van der Waals surface area contributed by atoms with E-state index in [1.54, 1.807) is 19.0 Å². The molecule has 2 aromatic rings. The van der Waals surface area contributed by atoms with Gasteiger partial charge in [-0.1, -0.05) is 13.3 Å². The molecule has 3 aliphatic carbocycles. The van der Waals surface area contributed by atoms with E-state index in [0.717, 1.165) is 12.8 Å². The van der Waals surface area contributed by atoms with Crippen LogP contribution in [0, 0.1) is 23.2 Å². The summed E-state index contributed by atoms with van der Waals surface area (Å²) in [6.07, 6.45) is 1.92. The molecule has 0 bridgehead atoms. The van der Waals surface area contributed by atoms with Crippen LogP contribution in [0.1, 0.15) is 65.0 Å². The maximum Gasteiger partial charge on any atom is 0.265 e. The van der Waals surface area contributed by atoms with Crippen LogP contribution in [-0.4, -0.2) is 63.2 Å². The minimum absolute atomic E-state index is 0.0163. The first-order valence-electron chi connectivity index (χ1n) is 12.0. The van der Waals surface area contributed by atoms with Crippen LogP contribution in [0.15, 0.2) is 22.2 Å². The van der Waals surface area contributed by atoms with Gasteiger partial charge in [-0.15, -0.1) is 0 Å². The van der Waals surface area contributed by atoms with Gasteiger partial charge in [0.1, 0.15) is 17.1 Å². The third-order valence-corrected chi connectivity index (χ3v) is 7.63. The SMILES string of the molecule is CCCCOc1noc2c1C(=O)[C@@]1(O)C(=O)C3=C(O)c4c(O)ccc(C#N)c4C[C@H]3C[C@H]1[C@@H]2N(C)C. The van der Waals surface area contributed by atoms with Crippen molar-refractivity contribution in [2.45, 2.75) is 44.2 Å². The molecular formula is C26H27N3O7. The van der Waals surface area contributed by atoms with E-state index in [9.17, 15) is 30.2 Å². The molecule has 188 valence electrons. The maximum absolute atomic E-state index is 13.9. The molecule has 3 N–H and O–H groups in total. The quantitative estimate of drug-likeness (QED) is 0.418. The lowest BCUT2D eigenvalue weighted by Crippen LogP contribution is -2.63. The number of aliphatic hydroxyl groups is 2. The number of phenols is 1. The number of rotatable bonds is 5. The minimum atomic E-state index is -2.49. The summed E-state index contributed by atoms with van der Waals surface area (Å²) in [6.45, 7) is 2.27. The summed E-state index contributed by atoms with van der Waals surface area (Å²) in [5.41, 5.74) is -1.99. The molecule has 3 aliphatic rings. The largest absolute Gasteiger partial charge is 0.507 e. The summed E-state index contributed by atoms with van der Waals surface area (Å²) >= 11 is 0. The van der Waals surface area contributed by atoms with Crippen molar-refractivity contribution in [1.29, 1.82) is 5.26 Å². The smallest absolute Gasteiger partial charge is 0.265 e. The van der Waals surface area contributed by atoms with Gasteiger partial charge in [-0.25, -0.2) is 0 Å². The Morgan fingerprint density at radius 3 is 2.67 bits per heavy atom. The molecule has 4 atom stereocenters. The van der Waals surface area contributed by atoms with Crippen molar-refractivity contribution < 1.29 is 34.2 Å². The van der Waals surface area contributed by atoms with Crippen LogP contribution >= 0.6 is 0 Å². The number of aromatic hydroxyl groups is 1. The van der Waals surface area contributed by atoms with Gasteiger partial charge >= 0.3 is 0 Å². The number of unbranched alkanes of at least 4 members (excludes halogenated alkanes) is 1. The molecule has 0 aliphatic heterocycles. The van der Waals surface area contributed by atoms with Crippen molar-refractivity contribution in [3.63, 3.8) is 0 Å². The van der Waals surface area contributed by atoms with Gasteiger partial charge in [0.05, 0.1) is 29.8 Å². The highest BCUT2D eigenvalue weighted by Gasteiger charge is 2.65. The predicted molar refractivity (Wildman–Crippen MR) is 125 cm³/mol. The van der Waals surface area contributed by atoms with Gasteiger partial charge in [0, 0.05) is 11.5 Å². The topological polar surface area (TPSA) is 157 Å². The molecule has 10 nitrogen and oxygen atoms in total. The Morgan fingerprint density at radius 1 is 1.25 bits per heavy atom. The van der Waals surface area contributed by atoms with Crippen LogP contribution in [0.5, 0.6) is 11.6 Å². The normalized spacial score (nSPS) is 26.7. The number of fused-ring (bicyclic) bond motifs is 4. The number of Topliss-reactive ketones (excluding diaryl/α,β-unsaturated/α-hetero) is 2. The lowest BCUT2D eigenvalue weighted by atomic mass is 9.57. The number of carbonyl (C=O) groups excluding carboxylic acids is 2. The van der Waals surface area contributed by atoms with Crippen molar-refractivity contribution in [3.05, 3.63) is 45.7 Å². The molecule has 1 heterocycles. The second-order valence-electron chi connectivity index (χ2n) is 9.87. The van der Waals surface area contributed by atoms with E-state index in [4.69, 9.17) is 9.26 Å². The Kier molecular flexibility index (Phi) is 5.65. The second kappa shape index (κ2) is 8.47. The maximum atomic E-state index is 13.9. The summed E-state index contributed by atoms with van der Waals surface area (Å²) in [4.78, 5) is 29.5. The third-order valence-electron chi connectivity index (χ3n) is 7.63. The zero-order valence-corrected chi connectivity index (χ0v) is 20.2. The van der Waals surface area contributed by atoms with Crippen LogP contribution in [-0.2, 0) is 11.2 Å². The van der Waals surface area contributed by atoms with Gasteiger partial charge in [-0.05, 0) is 62.1 Å². The van der Waals surface area contributed by atoms with Crippen molar-refractivity contribution in [2.24, 2.45) is 11.8 Å². The number of benzene rings is 1. The fourth-order valence-electron chi connectivity index (χ4n) is 5.94. The van der Waals surface area contributed by atoms with Crippen molar-refractivity contribution >= 4 is 17.3 Å². The number of carbonyl (C=O) groups is 2. The fourth-order valence-corrected chi connectivity index (χ4v) is 5.94. The molecule has 1 aromatic heterocycles. The molecule has 0 spiro atoms. The van der Waals surface area contributed by atoms with Gasteiger partial charge < -0.3 is 24.6 Å². The average molecular weight is 494 g/mol. The summed E-state index contributed by atoms with van der Waals surface area (Å²) in [6, 6.07) is 4.13. The fraction of sp³-hybridized carbons (Fsp3) is 0.462. The summed E-state index contributed by atoms with van der Waals surface area (Å²) in [5.74, 6) is -3.93. The van der Waals surface area contributed by atoms with Gasteiger partial charge in [0.25, 0.3) is 5.88 Å². The van der Waals surface area contributed by atoms with Gasteiger partial charge in [0.2, 0.25) is 11.6 Å². The molecule has 5 rings (SSSR count). The predicted octanol–water partition coefficient (Wildman–Crippen LogP) is 2.69. The van der Waals surface area contributed by atoms with Crippen LogP contribution in [0.3, 0.4) is 0 Å². The standard InChI is InChI=1S/C26H27N3O7/c1-4-5-8-35-25-19-22(36-28-25)20(29(2)3)15-10-13-9-14-12(11-27)6-7-16(30)18(14)21(31)17(13)23(32)26(15,34)24(19)33/h6-7,13,15,20,30-31,34H,4-5,8-10H2,1-3H3/t13-,15-,20-,26-/m0/s1. The van der Waals surface area contributed by atoms with E-state index in [0.29, 0.717) is 5.56 Å². The zero-order chi connectivity index (χ0) is 25.9. The number of hydrogen-bond acceptors (Lipinski definition) is 10. The Bertz CT molecular complexity index is 1350. The molecular weight excluding hydrogens is 466 g/mol. The number of hydrogen-bond donors (Lipinski definition) is 3. The number of aromatic nitrogens is 1. The van der Waals surface area contributed by atoms with E-state index >= 15 is 0 Å². The number of ketones is 2. The van der Waals surface area contributed by atoms with Gasteiger partial charge in [-0.3, -0.25) is 14.5 Å². The third kappa shape index (κ3) is 3.13. The number of aliphatic hydroxyl groups excluding tert-OH is 1. The highest BCUT2D eigenvalue weighted by Crippen LogP contribution is 2.56. The Balaban J connectivity index is 1.68. The summed E-state index contributed by atoms with van der Waals surface area (Å²) < 4.78 is 11.2. The average Bonchev–Trinajstić information content (AvgIpc) is 3.25. The Morgan fingerprint density at radius 2 is 2.00 bits per heavy atom. The van der Waals surface area contributed by atoms with E-state index < -0.39 is 40.8 Å². The molecule has 10 heteroatoms. The first-order valence-corrected chi connectivity index (χ1v) is 12.0. The number of nitriles is 1. The Hall–Kier alpha value is -3.68. The van der Waals surface area contributed by atoms with E-state index in [-0.39, 0.29) is 59.1 Å². The van der Waals surface area contributed by atoms with Crippen molar-refractivity contribution in [2.75, 3.05) is 20.7 Å². The molecule has 1 saturated carbocycles.